The van der Waals surface area contributed by atoms with Crippen LogP contribution in [0.3, 0.4) is 0 Å². The van der Waals surface area contributed by atoms with Gasteiger partial charge in [-0.15, -0.1) is 0 Å². The molecule has 0 saturated heterocycles. The number of carbonyl (C=O) groups is 1. The van der Waals surface area contributed by atoms with E-state index in [-0.39, 0.29) is 11.8 Å². The SMILES string of the molecule is COc1c(Cl)cc(Cl)cc1NC(=O)C1CC1. The van der Waals surface area contributed by atoms with Crippen molar-refractivity contribution in [3.8, 4) is 5.75 Å². The summed E-state index contributed by atoms with van der Waals surface area (Å²) in [5.41, 5.74) is 0.525. The van der Waals surface area contributed by atoms with Gasteiger partial charge >= 0.3 is 0 Å². The Hall–Kier alpha value is -0.930. The van der Waals surface area contributed by atoms with E-state index >= 15 is 0 Å². The molecule has 1 N–H and O–H groups in total. The number of hydrogen-bond donors (Lipinski definition) is 1. The fourth-order valence-corrected chi connectivity index (χ4v) is 2.01. The standard InChI is InChI=1S/C11H11Cl2NO2/c1-16-10-8(13)4-7(12)5-9(10)14-11(15)6-2-3-6/h4-6H,2-3H2,1H3,(H,14,15). The smallest absolute Gasteiger partial charge is 0.227 e. The first-order chi connectivity index (χ1) is 7.61. The second kappa shape index (κ2) is 4.52. The second-order valence-corrected chi connectivity index (χ2v) is 4.58. The van der Waals surface area contributed by atoms with Crippen LogP contribution >= 0.6 is 23.2 Å². The summed E-state index contributed by atoms with van der Waals surface area (Å²) in [7, 11) is 1.50. The zero-order valence-electron chi connectivity index (χ0n) is 8.72. The van der Waals surface area contributed by atoms with Gasteiger partial charge in [-0.2, -0.15) is 0 Å². The van der Waals surface area contributed by atoms with Gasteiger partial charge in [0.2, 0.25) is 5.91 Å². The van der Waals surface area contributed by atoms with Crippen LogP contribution in [0.1, 0.15) is 12.8 Å². The zero-order valence-corrected chi connectivity index (χ0v) is 10.2. The molecule has 1 aliphatic rings. The Bertz CT molecular complexity index is 430. The van der Waals surface area contributed by atoms with E-state index in [0.717, 1.165) is 12.8 Å². The van der Waals surface area contributed by atoms with Crippen molar-refractivity contribution in [2.24, 2.45) is 5.92 Å². The lowest BCUT2D eigenvalue weighted by molar-refractivity contribution is -0.117. The van der Waals surface area contributed by atoms with E-state index in [1.807, 2.05) is 0 Å². The number of amides is 1. The third-order valence-corrected chi connectivity index (χ3v) is 2.92. The molecule has 0 aliphatic heterocycles. The zero-order chi connectivity index (χ0) is 11.7. The maximum atomic E-state index is 11.6. The van der Waals surface area contributed by atoms with Crippen molar-refractivity contribution in [1.82, 2.24) is 0 Å². The summed E-state index contributed by atoms with van der Waals surface area (Å²) in [5, 5.41) is 3.63. The molecular formula is C11H11Cl2NO2. The van der Waals surface area contributed by atoms with Crippen LogP contribution in [-0.2, 0) is 4.79 Å². The number of rotatable bonds is 3. The number of anilines is 1. The molecule has 0 bridgehead atoms. The predicted molar refractivity (Wildman–Crippen MR) is 64.4 cm³/mol. The number of halogens is 2. The van der Waals surface area contributed by atoms with Crippen molar-refractivity contribution in [2.45, 2.75) is 12.8 Å². The lowest BCUT2D eigenvalue weighted by Crippen LogP contribution is -2.14. The molecule has 1 aromatic rings. The molecule has 1 fully saturated rings. The minimum absolute atomic E-state index is 0.00312. The summed E-state index contributed by atoms with van der Waals surface area (Å²) in [6.45, 7) is 0. The molecule has 0 heterocycles. The first-order valence-electron chi connectivity index (χ1n) is 4.95. The highest BCUT2D eigenvalue weighted by Crippen LogP contribution is 2.37. The first-order valence-corrected chi connectivity index (χ1v) is 5.71. The quantitative estimate of drug-likeness (QED) is 0.904. The Morgan fingerprint density at radius 1 is 1.44 bits per heavy atom. The first kappa shape index (κ1) is 11.6. The van der Waals surface area contributed by atoms with Gasteiger partial charge < -0.3 is 10.1 Å². The van der Waals surface area contributed by atoms with Crippen LogP contribution in [0.2, 0.25) is 10.0 Å². The molecule has 16 heavy (non-hydrogen) atoms. The van der Waals surface area contributed by atoms with Crippen LogP contribution < -0.4 is 10.1 Å². The molecule has 0 unspecified atom stereocenters. The van der Waals surface area contributed by atoms with Crippen LogP contribution in [0, 0.1) is 5.92 Å². The maximum absolute atomic E-state index is 11.6. The molecular weight excluding hydrogens is 249 g/mol. The van der Waals surface area contributed by atoms with E-state index in [4.69, 9.17) is 27.9 Å². The molecule has 2 rings (SSSR count). The van der Waals surface area contributed by atoms with Crippen LogP contribution in [0.4, 0.5) is 5.69 Å². The van der Waals surface area contributed by atoms with Crippen LogP contribution in [0.15, 0.2) is 12.1 Å². The molecule has 0 aromatic heterocycles. The van der Waals surface area contributed by atoms with Crippen LogP contribution in [-0.4, -0.2) is 13.0 Å². The van der Waals surface area contributed by atoms with Gasteiger partial charge in [0.15, 0.2) is 5.75 Å². The number of hydrogen-bond acceptors (Lipinski definition) is 2. The van der Waals surface area contributed by atoms with Crippen molar-refractivity contribution in [1.29, 1.82) is 0 Å². The average molecular weight is 260 g/mol. The van der Waals surface area contributed by atoms with E-state index in [0.29, 0.717) is 21.5 Å². The Morgan fingerprint density at radius 2 is 2.12 bits per heavy atom. The summed E-state index contributed by atoms with van der Waals surface area (Å²) in [6, 6.07) is 3.21. The van der Waals surface area contributed by atoms with Gasteiger partial charge in [-0.3, -0.25) is 4.79 Å². The number of ether oxygens (including phenoxy) is 1. The highest BCUT2D eigenvalue weighted by molar-refractivity contribution is 6.36. The lowest BCUT2D eigenvalue weighted by Gasteiger charge is -2.11. The molecule has 3 nitrogen and oxygen atoms in total. The fraction of sp³-hybridized carbons (Fsp3) is 0.364. The number of carbonyl (C=O) groups excluding carboxylic acids is 1. The van der Waals surface area contributed by atoms with E-state index in [2.05, 4.69) is 5.32 Å². The molecule has 5 heteroatoms. The van der Waals surface area contributed by atoms with Gasteiger partial charge in [-0.05, 0) is 25.0 Å². The van der Waals surface area contributed by atoms with Crippen molar-refractivity contribution in [2.75, 3.05) is 12.4 Å². The predicted octanol–water partition coefficient (Wildman–Crippen LogP) is 3.35. The minimum Gasteiger partial charge on any atom is -0.493 e. The van der Waals surface area contributed by atoms with Gasteiger partial charge in [0, 0.05) is 10.9 Å². The topological polar surface area (TPSA) is 38.3 Å². The largest absolute Gasteiger partial charge is 0.493 e. The lowest BCUT2D eigenvalue weighted by atomic mass is 10.2. The van der Waals surface area contributed by atoms with E-state index in [1.165, 1.54) is 7.11 Å². The highest BCUT2D eigenvalue weighted by Gasteiger charge is 2.30. The summed E-state index contributed by atoms with van der Waals surface area (Å²) < 4.78 is 5.13. The summed E-state index contributed by atoms with van der Waals surface area (Å²) in [6.07, 6.45) is 1.89. The maximum Gasteiger partial charge on any atom is 0.227 e. The monoisotopic (exact) mass is 259 g/mol. The third-order valence-electron chi connectivity index (χ3n) is 2.42. The van der Waals surface area contributed by atoms with Crippen molar-refractivity contribution in [3.05, 3.63) is 22.2 Å². The van der Waals surface area contributed by atoms with Gasteiger partial charge in [0.05, 0.1) is 17.8 Å². The van der Waals surface area contributed by atoms with Gasteiger partial charge in [0.25, 0.3) is 0 Å². The molecule has 1 amide bonds. The number of methoxy groups -OCH3 is 1. The number of benzene rings is 1. The van der Waals surface area contributed by atoms with Crippen LogP contribution in [0.5, 0.6) is 5.75 Å². The molecule has 0 atom stereocenters. The van der Waals surface area contributed by atoms with Gasteiger partial charge in [-0.25, -0.2) is 0 Å². The van der Waals surface area contributed by atoms with Gasteiger partial charge in [-0.1, -0.05) is 23.2 Å². The molecule has 0 spiro atoms. The Kier molecular flexibility index (Phi) is 3.26. The minimum atomic E-state index is -0.00312. The van der Waals surface area contributed by atoms with Gasteiger partial charge in [0.1, 0.15) is 0 Å². The summed E-state index contributed by atoms with van der Waals surface area (Å²) in [5.74, 6) is 0.569. The molecule has 86 valence electrons. The second-order valence-electron chi connectivity index (χ2n) is 3.73. The Balaban J connectivity index is 2.26. The molecule has 1 aromatic carbocycles. The normalized spacial score (nSPS) is 14.7. The van der Waals surface area contributed by atoms with E-state index < -0.39 is 0 Å². The van der Waals surface area contributed by atoms with Crippen molar-refractivity contribution in [3.63, 3.8) is 0 Å². The molecule has 1 aliphatic carbocycles. The number of nitrogens with one attached hydrogen (secondary N) is 1. The van der Waals surface area contributed by atoms with E-state index in [1.54, 1.807) is 12.1 Å². The van der Waals surface area contributed by atoms with Crippen molar-refractivity contribution < 1.29 is 9.53 Å². The summed E-state index contributed by atoms with van der Waals surface area (Å²) >= 11 is 11.8. The van der Waals surface area contributed by atoms with Crippen LogP contribution in [0.25, 0.3) is 0 Å². The average Bonchev–Trinajstić information content (AvgIpc) is 2.99. The Morgan fingerprint density at radius 3 is 2.69 bits per heavy atom. The highest BCUT2D eigenvalue weighted by atomic mass is 35.5. The van der Waals surface area contributed by atoms with E-state index in [9.17, 15) is 4.79 Å². The summed E-state index contributed by atoms with van der Waals surface area (Å²) in [4.78, 5) is 11.6. The molecule has 1 saturated carbocycles. The fourth-order valence-electron chi connectivity index (χ4n) is 1.44. The third kappa shape index (κ3) is 2.42. The van der Waals surface area contributed by atoms with Crippen molar-refractivity contribution >= 4 is 34.8 Å². The Labute approximate surface area is 104 Å². The molecule has 0 radical (unpaired) electrons.